The summed E-state index contributed by atoms with van der Waals surface area (Å²) < 4.78 is 1.31. The van der Waals surface area contributed by atoms with E-state index in [0.29, 0.717) is 0 Å². The average Bonchev–Trinajstić information content (AvgIpc) is 2.93. The van der Waals surface area contributed by atoms with E-state index in [4.69, 9.17) is 0 Å². The summed E-state index contributed by atoms with van der Waals surface area (Å²) in [6.07, 6.45) is 6.41. The van der Waals surface area contributed by atoms with Crippen LogP contribution in [-0.4, -0.2) is 16.5 Å². The van der Waals surface area contributed by atoms with Crippen molar-refractivity contribution in [1.82, 2.24) is 15.3 Å². The minimum atomic E-state index is 0.111. The van der Waals surface area contributed by atoms with Crippen LogP contribution < -0.4 is 5.32 Å². The Bertz CT molecular complexity index is 678. The smallest absolute Gasteiger partial charge is 0.0802 e. The molecule has 0 saturated heterocycles. The molecule has 0 aliphatic heterocycles. The van der Waals surface area contributed by atoms with Crippen LogP contribution in [0, 0.1) is 0 Å². The van der Waals surface area contributed by atoms with Gasteiger partial charge in [0.1, 0.15) is 0 Å². The first kappa shape index (κ1) is 13.2. The van der Waals surface area contributed by atoms with E-state index in [2.05, 4.69) is 51.9 Å². The monoisotopic (exact) mass is 283 g/mol. The number of hydrogen-bond donors (Lipinski definition) is 1. The highest BCUT2D eigenvalue weighted by molar-refractivity contribution is 7.17. The van der Waals surface area contributed by atoms with Crippen molar-refractivity contribution < 1.29 is 0 Å². The third-order valence-corrected chi connectivity index (χ3v) is 4.28. The van der Waals surface area contributed by atoms with Gasteiger partial charge in [0, 0.05) is 17.1 Å². The van der Waals surface area contributed by atoms with Crippen molar-refractivity contribution in [3.05, 3.63) is 59.5 Å². The fraction of sp³-hybridized carbons (Fsp3) is 0.250. The molecule has 4 heteroatoms. The van der Waals surface area contributed by atoms with E-state index in [1.807, 2.05) is 6.20 Å². The Morgan fingerprint density at radius 1 is 1.25 bits per heavy atom. The largest absolute Gasteiger partial charge is 0.305 e. The molecule has 3 nitrogen and oxygen atoms in total. The maximum absolute atomic E-state index is 4.47. The van der Waals surface area contributed by atoms with Crippen molar-refractivity contribution in [3.63, 3.8) is 0 Å². The van der Waals surface area contributed by atoms with Crippen LogP contribution in [0.15, 0.2) is 48.2 Å². The van der Waals surface area contributed by atoms with E-state index < -0.39 is 0 Å². The molecule has 1 aromatic carbocycles. The Morgan fingerprint density at radius 2 is 2.15 bits per heavy atom. The third kappa shape index (κ3) is 2.57. The van der Waals surface area contributed by atoms with Crippen LogP contribution in [-0.2, 0) is 0 Å². The van der Waals surface area contributed by atoms with Gasteiger partial charge in [-0.2, -0.15) is 0 Å². The highest BCUT2D eigenvalue weighted by Crippen LogP contribution is 2.32. The standard InChI is InChI=1S/C16H17N3S/c1-2-7-19-16(14-10-17-8-9-18-14)13-11-20-15-6-4-3-5-12(13)15/h3-6,8-11,16,19H,2,7H2,1H3. The number of aromatic nitrogens is 2. The summed E-state index contributed by atoms with van der Waals surface area (Å²) in [5, 5.41) is 7.12. The minimum absolute atomic E-state index is 0.111. The predicted octanol–water partition coefficient (Wildman–Crippen LogP) is 3.78. The van der Waals surface area contributed by atoms with Gasteiger partial charge in [0.25, 0.3) is 0 Å². The molecule has 1 unspecified atom stereocenters. The van der Waals surface area contributed by atoms with Gasteiger partial charge in [0.05, 0.1) is 17.9 Å². The summed E-state index contributed by atoms with van der Waals surface area (Å²) in [6.45, 7) is 3.14. The Labute approximate surface area is 122 Å². The molecule has 3 aromatic rings. The van der Waals surface area contributed by atoms with Crippen molar-refractivity contribution in [1.29, 1.82) is 0 Å². The molecule has 2 aromatic heterocycles. The zero-order chi connectivity index (χ0) is 13.8. The maximum Gasteiger partial charge on any atom is 0.0802 e. The first-order valence-corrected chi connectivity index (χ1v) is 7.73. The average molecular weight is 283 g/mol. The van der Waals surface area contributed by atoms with Crippen molar-refractivity contribution in [2.75, 3.05) is 6.54 Å². The Kier molecular flexibility index (Phi) is 4.04. The second kappa shape index (κ2) is 6.11. The molecule has 0 aliphatic rings. The van der Waals surface area contributed by atoms with Gasteiger partial charge in [-0.1, -0.05) is 25.1 Å². The number of fused-ring (bicyclic) bond motifs is 1. The van der Waals surface area contributed by atoms with Crippen molar-refractivity contribution in [2.24, 2.45) is 0 Å². The SMILES string of the molecule is CCCNC(c1cnccn1)c1csc2ccccc12. The second-order valence-corrected chi connectivity index (χ2v) is 5.62. The molecular formula is C16H17N3S. The van der Waals surface area contributed by atoms with Crippen LogP contribution in [0.25, 0.3) is 10.1 Å². The molecule has 2 heterocycles. The predicted molar refractivity (Wildman–Crippen MR) is 84.0 cm³/mol. The van der Waals surface area contributed by atoms with E-state index in [-0.39, 0.29) is 6.04 Å². The topological polar surface area (TPSA) is 37.8 Å². The lowest BCUT2D eigenvalue weighted by Crippen LogP contribution is -2.23. The highest BCUT2D eigenvalue weighted by Gasteiger charge is 2.18. The van der Waals surface area contributed by atoms with Gasteiger partial charge < -0.3 is 5.32 Å². The van der Waals surface area contributed by atoms with Gasteiger partial charge >= 0.3 is 0 Å². The molecule has 0 radical (unpaired) electrons. The van der Waals surface area contributed by atoms with Gasteiger partial charge in [-0.25, -0.2) is 0 Å². The lowest BCUT2D eigenvalue weighted by atomic mass is 10.0. The van der Waals surface area contributed by atoms with Gasteiger partial charge in [0.2, 0.25) is 0 Å². The third-order valence-electron chi connectivity index (χ3n) is 3.30. The lowest BCUT2D eigenvalue weighted by Gasteiger charge is -2.17. The Morgan fingerprint density at radius 3 is 2.95 bits per heavy atom. The first-order valence-electron chi connectivity index (χ1n) is 6.85. The van der Waals surface area contributed by atoms with Crippen molar-refractivity contribution >= 4 is 21.4 Å². The molecule has 0 spiro atoms. The molecule has 20 heavy (non-hydrogen) atoms. The van der Waals surface area contributed by atoms with Crippen LogP contribution in [0.3, 0.4) is 0 Å². The van der Waals surface area contributed by atoms with Crippen molar-refractivity contribution in [3.8, 4) is 0 Å². The maximum atomic E-state index is 4.47. The number of nitrogens with zero attached hydrogens (tertiary/aromatic N) is 2. The van der Waals surface area contributed by atoms with Gasteiger partial charge in [-0.3, -0.25) is 9.97 Å². The molecular weight excluding hydrogens is 266 g/mol. The molecule has 0 amide bonds. The summed E-state index contributed by atoms with van der Waals surface area (Å²) in [4.78, 5) is 8.68. The van der Waals surface area contributed by atoms with E-state index in [9.17, 15) is 0 Å². The minimum Gasteiger partial charge on any atom is -0.305 e. The number of hydrogen-bond acceptors (Lipinski definition) is 4. The highest BCUT2D eigenvalue weighted by atomic mass is 32.1. The van der Waals surface area contributed by atoms with E-state index in [1.165, 1.54) is 15.6 Å². The Balaban J connectivity index is 2.05. The van der Waals surface area contributed by atoms with Gasteiger partial charge in [-0.15, -0.1) is 11.3 Å². The number of thiophene rings is 1. The summed E-state index contributed by atoms with van der Waals surface area (Å²) >= 11 is 1.78. The number of rotatable bonds is 5. The number of benzene rings is 1. The molecule has 1 atom stereocenters. The summed E-state index contributed by atoms with van der Waals surface area (Å²) in [6, 6.07) is 8.63. The summed E-state index contributed by atoms with van der Waals surface area (Å²) in [7, 11) is 0. The second-order valence-electron chi connectivity index (χ2n) is 4.70. The molecule has 0 saturated carbocycles. The van der Waals surface area contributed by atoms with Crippen LogP contribution in [0.1, 0.15) is 30.6 Å². The zero-order valence-corrected chi connectivity index (χ0v) is 12.2. The van der Waals surface area contributed by atoms with Gasteiger partial charge in [0.15, 0.2) is 0 Å². The van der Waals surface area contributed by atoms with Gasteiger partial charge in [-0.05, 0) is 35.4 Å². The molecule has 0 fully saturated rings. The zero-order valence-electron chi connectivity index (χ0n) is 11.4. The molecule has 3 rings (SSSR count). The number of nitrogens with one attached hydrogen (secondary N) is 1. The van der Waals surface area contributed by atoms with E-state index in [0.717, 1.165) is 18.7 Å². The van der Waals surface area contributed by atoms with E-state index >= 15 is 0 Å². The first-order chi connectivity index (χ1) is 9.90. The van der Waals surface area contributed by atoms with E-state index in [1.54, 1.807) is 23.7 Å². The molecule has 102 valence electrons. The quantitative estimate of drug-likeness (QED) is 0.774. The molecule has 0 aliphatic carbocycles. The fourth-order valence-corrected chi connectivity index (χ4v) is 3.33. The summed E-state index contributed by atoms with van der Waals surface area (Å²) in [5.74, 6) is 0. The van der Waals surface area contributed by atoms with Crippen LogP contribution in [0.5, 0.6) is 0 Å². The van der Waals surface area contributed by atoms with Crippen LogP contribution in [0.4, 0.5) is 0 Å². The summed E-state index contributed by atoms with van der Waals surface area (Å²) in [5.41, 5.74) is 2.27. The normalized spacial score (nSPS) is 12.7. The molecule has 0 bridgehead atoms. The van der Waals surface area contributed by atoms with Crippen LogP contribution >= 0.6 is 11.3 Å². The Hall–Kier alpha value is -1.78. The van der Waals surface area contributed by atoms with Crippen LogP contribution in [0.2, 0.25) is 0 Å². The molecule has 1 N–H and O–H groups in total. The van der Waals surface area contributed by atoms with Crippen molar-refractivity contribution in [2.45, 2.75) is 19.4 Å². The lowest BCUT2D eigenvalue weighted by molar-refractivity contribution is 0.588. The fourth-order valence-electron chi connectivity index (χ4n) is 2.34.